The molecule has 3 fully saturated rings. The van der Waals surface area contributed by atoms with Crippen LogP contribution in [0.3, 0.4) is 0 Å². The molecule has 8 atom stereocenters. The number of fused-ring (bicyclic) bond motifs is 7. The molecule has 0 aromatic heterocycles. The highest BCUT2D eigenvalue weighted by atomic mass is 16.7. The Kier molecular flexibility index (Phi) is 6.91. The standard InChI is InChI=1S/C35H47NO6/c1-20(37)42-23-10-13-34(2)22(17-23)6-7-24-25-8-9-27(35(25,3)14-11-26(24)34)29(38)18-28-31-21(12-15-36(28)4)16-30-32(33(31)39-5)41-19-40-30/h6,16,23-28H,7-15,17-19H2,1-5H3/t23-,24-,25-,26-,27+,28+,34-,35-/m0/s1. The van der Waals surface area contributed by atoms with E-state index < -0.39 is 0 Å². The molecule has 0 N–H and O–H groups in total. The van der Waals surface area contributed by atoms with Crippen molar-refractivity contribution in [3.8, 4) is 17.2 Å². The van der Waals surface area contributed by atoms with Gasteiger partial charge in [0.2, 0.25) is 12.5 Å². The first-order chi connectivity index (χ1) is 20.1. The topological polar surface area (TPSA) is 74.3 Å². The Morgan fingerprint density at radius 1 is 1.10 bits per heavy atom. The van der Waals surface area contributed by atoms with Gasteiger partial charge in [0.15, 0.2) is 11.5 Å². The van der Waals surface area contributed by atoms with Crippen LogP contribution in [0.2, 0.25) is 0 Å². The molecule has 6 aliphatic rings. The SMILES string of the molecule is COc1c2c(cc3c1[C@@H](CC(=O)[C@H]1CC[C@H]4[C@@H]5CC=C6C[C@@H](OC(C)=O)CC[C@]6(C)[C@H]5CC[C@]14C)N(C)CC3)OCO2. The molecule has 0 amide bonds. The second-order valence-corrected chi connectivity index (χ2v) is 14.5. The molecule has 7 nitrogen and oxygen atoms in total. The van der Waals surface area contributed by atoms with Crippen molar-refractivity contribution in [1.82, 2.24) is 4.90 Å². The second kappa shape index (κ2) is 10.3. The van der Waals surface area contributed by atoms with Gasteiger partial charge in [0, 0.05) is 43.8 Å². The van der Waals surface area contributed by atoms with Gasteiger partial charge in [-0.15, -0.1) is 0 Å². The van der Waals surface area contributed by atoms with E-state index in [0.29, 0.717) is 35.7 Å². The molecule has 228 valence electrons. The number of carbonyl (C=O) groups is 2. The van der Waals surface area contributed by atoms with E-state index in [-0.39, 0.29) is 41.7 Å². The number of benzene rings is 1. The summed E-state index contributed by atoms with van der Waals surface area (Å²) in [6, 6.07) is 2.08. The summed E-state index contributed by atoms with van der Waals surface area (Å²) in [6.45, 7) is 7.57. The zero-order valence-corrected chi connectivity index (χ0v) is 26.0. The molecule has 0 bridgehead atoms. The highest BCUT2D eigenvalue weighted by Crippen LogP contribution is 2.66. The molecule has 3 saturated carbocycles. The summed E-state index contributed by atoms with van der Waals surface area (Å²) < 4.78 is 23.0. The van der Waals surface area contributed by atoms with Crippen LogP contribution in [-0.2, 0) is 20.7 Å². The number of Topliss-reactive ketones (excluding diaryl/α,β-unsaturated/α-hetero) is 1. The minimum absolute atomic E-state index is 0.0174. The zero-order chi connectivity index (χ0) is 29.4. The number of nitrogens with zero attached hydrogens (tertiary/aromatic N) is 1. The van der Waals surface area contributed by atoms with Gasteiger partial charge in [0.05, 0.1) is 7.11 Å². The van der Waals surface area contributed by atoms with E-state index in [2.05, 4.69) is 37.9 Å². The minimum atomic E-state index is -0.166. The monoisotopic (exact) mass is 577 g/mol. The molecule has 1 aromatic carbocycles. The summed E-state index contributed by atoms with van der Waals surface area (Å²) in [5, 5.41) is 0. The van der Waals surface area contributed by atoms with Gasteiger partial charge >= 0.3 is 5.97 Å². The summed E-state index contributed by atoms with van der Waals surface area (Å²) in [7, 11) is 3.83. The number of likely N-dealkylation sites (N-methyl/N-ethyl adjacent to an activating group) is 1. The van der Waals surface area contributed by atoms with Crippen LogP contribution in [0, 0.1) is 34.5 Å². The Bertz CT molecular complexity index is 1320. The van der Waals surface area contributed by atoms with Gasteiger partial charge in [-0.1, -0.05) is 25.5 Å². The Hall–Kier alpha value is -2.54. The molecule has 0 saturated heterocycles. The van der Waals surface area contributed by atoms with Crippen molar-refractivity contribution in [1.29, 1.82) is 0 Å². The molecule has 2 heterocycles. The van der Waals surface area contributed by atoms with Crippen LogP contribution in [0.4, 0.5) is 0 Å². The normalized spacial score (nSPS) is 38.5. The van der Waals surface area contributed by atoms with Crippen LogP contribution in [0.15, 0.2) is 17.7 Å². The predicted molar refractivity (Wildman–Crippen MR) is 159 cm³/mol. The van der Waals surface area contributed by atoms with Gasteiger partial charge in [-0.3, -0.25) is 14.5 Å². The Morgan fingerprint density at radius 2 is 1.93 bits per heavy atom. The van der Waals surface area contributed by atoms with Crippen molar-refractivity contribution in [2.45, 2.75) is 97.1 Å². The molecule has 4 aliphatic carbocycles. The quantitative estimate of drug-likeness (QED) is 0.295. The maximum absolute atomic E-state index is 14.4. The maximum Gasteiger partial charge on any atom is 0.302 e. The molecule has 42 heavy (non-hydrogen) atoms. The van der Waals surface area contributed by atoms with Gasteiger partial charge in [-0.2, -0.15) is 0 Å². The van der Waals surface area contributed by atoms with E-state index in [1.165, 1.54) is 24.5 Å². The van der Waals surface area contributed by atoms with Crippen LogP contribution in [-0.4, -0.2) is 50.3 Å². The summed E-state index contributed by atoms with van der Waals surface area (Å²) in [4.78, 5) is 28.3. The first-order valence-electron chi connectivity index (χ1n) is 16.2. The third-order valence-corrected chi connectivity index (χ3v) is 12.7. The first kappa shape index (κ1) is 28.2. The third kappa shape index (κ3) is 4.23. The molecular weight excluding hydrogens is 530 g/mol. The number of ether oxygens (including phenoxy) is 4. The van der Waals surface area contributed by atoms with E-state index in [0.717, 1.165) is 75.0 Å². The number of methoxy groups -OCH3 is 1. The van der Waals surface area contributed by atoms with Crippen LogP contribution in [0.5, 0.6) is 17.2 Å². The van der Waals surface area contributed by atoms with Crippen molar-refractivity contribution in [3.05, 3.63) is 28.8 Å². The number of hydrogen-bond donors (Lipinski definition) is 0. The highest BCUT2D eigenvalue weighted by molar-refractivity contribution is 5.83. The van der Waals surface area contributed by atoms with Gasteiger partial charge in [0.1, 0.15) is 11.9 Å². The van der Waals surface area contributed by atoms with Crippen LogP contribution in [0.25, 0.3) is 0 Å². The van der Waals surface area contributed by atoms with Crippen LogP contribution < -0.4 is 14.2 Å². The highest BCUT2D eigenvalue weighted by Gasteiger charge is 2.60. The number of hydrogen-bond acceptors (Lipinski definition) is 7. The maximum atomic E-state index is 14.4. The Balaban J connectivity index is 1.11. The number of rotatable bonds is 5. The fourth-order valence-electron chi connectivity index (χ4n) is 10.6. The lowest BCUT2D eigenvalue weighted by molar-refractivity contribution is -0.149. The second-order valence-electron chi connectivity index (χ2n) is 14.5. The fourth-order valence-corrected chi connectivity index (χ4v) is 10.6. The van der Waals surface area contributed by atoms with Crippen molar-refractivity contribution < 1.29 is 28.5 Å². The van der Waals surface area contributed by atoms with Crippen LogP contribution in [0.1, 0.15) is 95.7 Å². The van der Waals surface area contributed by atoms with Gasteiger partial charge in [-0.05, 0) is 98.6 Å². The number of esters is 1. The Morgan fingerprint density at radius 3 is 2.71 bits per heavy atom. The molecule has 2 aliphatic heterocycles. The van der Waals surface area contributed by atoms with Crippen LogP contribution >= 0.6 is 0 Å². The van der Waals surface area contributed by atoms with Gasteiger partial charge in [0.25, 0.3) is 0 Å². The molecule has 0 radical (unpaired) electrons. The lowest BCUT2D eigenvalue weighted by Gasteiger charge is -2.58. The van der Waals surface area contributed by atoms with Gasteiger partial charge < -0.3 is 18.9 Å². The summed E-state index contributed by atoms with van der Waals surface area (Å²) >= 11 is 0. The van der Waals surface area contributed by atoms with Crippen molar-refractivity contribution in [3.63, 3.8) is 0 Å². The molecule has 0 spiro atoms. The predicted octanol–water partition coefficient (Wildman–Crippen LogP) is 6.42. The van der Waals surface area contributed by atoms with Crippen molar-refractivity contribution in [2.24, 2.45) is 34.5 Å². The van der Waals surface area contributed by atoms with Crippen molar-refractivity contribution >= 4 is 11.8 Å². The van der Waals surface area contributed by atoms with Crippen molar-refractivity contribution in [2.75, 3.05) is 27.5 Å². The first-order valence-corrected chi connectivity index (χ1v) is 16.2. The third-order valence-electron chi connectivity index (χ3n) is 12.7. The minimum Gasteiger partial charge on any atom is -0.492 e. The lowest BCUT2D eigenvalue weighted by atomic mass is 9.47. The number of allylic oxidation sites excluding steroid dienone is 1. The van der Waals surface area contributed by atoms with E-state index in [4.69, 9.17) is 18.9 Å². The zero-order valence-electron chi connectivity index (χ0n) is 26.0. The summed E-state index contributed by atoms with van der Waals surface area (Å²) in [5.74, 6) is 4.42. The number of ketones is 1. The number of carbonyl (C=O) groups excluding carboxylic acids is 2. The molecule has 0 unspecified atom stereocenters. The van der Waals surface area contributed by atoms with E-state index in [9.17, 15) is 9.59 Å². The van der Waals surface area contributed by atoms with E-state index in [1.807, 2.05) is 0 Å². The average molecular weight is 578 g/mol. The smallest absolute Gasteiger partial charge is 0.302 e. The summed E-state index contributed by atoms with van der Waals surface area (Å²) in [6.07, 6.45) is 12.5. The fraction of sp³-hybridized carbons (Fsp3) is 0.714. The summed E-state index contributed by atoms with van der Waals surface area (Å²) in [5.41, 5.74) is 4.09. The molecule has 7 heteroatoms. The average Bonchev–Trinajstić information content (AvgIpc) is 3.57. The van der Waals surface area contributed by atoms with E-state index >= 15 is 0 Å². The molecule has 7 rings (SSSR count). The lowest BCUT2D eigenvalue weighted by Crippen LogP contribution is -2.51. The molecule has 1 aromatic rings. The largest absolute Gasteiger partial charge is 0.492 e. The van der Waals surface area contributed by atoms with E-state index in [1.54, 1.807) is 7.11 Å². The molecular formula is C35H47NO6. The Labute approximate surface area is 250 Å². The van der Waals surface area contributed by atoms with Gasteiger partial charge in [-0.25, -0.2) is 0 Å².